The molecule has 5 rings (SSSR count). The topological polar surface area (TPSA) is 93.9 Å². The van der Waals surface area contributed by atoms with Crippen LogP contribution in [0.15, 0.2) is 30.3 Å². The first kappa shape index (κ1) is 27.0. The van der Waals surface area contributed by atoms with Gasteiger partial charge in [-0.3, -0.25) is 9.69 Å². The van der Waals surface area contributed by atoms with Gasteiger partial charge in [-0.25, -0.2) is 14.2 Å². The van der Waals surface area contributed by atoms with Gasteiger partial charge in [0.2, 0.25) is 0 Å². The van der Waals surface area contributed by atoms with Gasteiger partial charge < -0.3 is 19.1 Å². The highest BCUT2D eigenvalue weighted by atomic mass is 19.1. The van der Waals surface area contributed by atoms with Crippen molar-refractivity contribution in [3.63, 3.8) is 0 Å². The molecule has 0 saturated heterocycles. The van der Waals surface area contributed by atoms with Crippen LogP contribution in [-0.2, 0) is 22.4 Å². The van der Waals surface area contributed by atoms with Crippen molar-refractivity contribution in [3.8, 4) is 5.75 Å². The average molecular weight is 538 g/mol. The van der Waals surface area contributed by atoms with Crippen LogP contribution in [0.1, 0.15) is 75.9 Å². The standard InChI is InChI=1S/C30H36FN3O5/c1-17(2)39-26-14-6-19(15-23(26)31)16-27-32-28-22-11-5-18(3)33(30(37)38-4)24(22)12-13-25(28)34(27)21-9-7-20(8-10-21)29(35)36/h6,12-15,17-18,20-21H,5,7-11,16H2,1-4H3,(H,35,36)/t18-,20?,21?/m0/s1. The minimum atomic E-state index is -0.741. The van der Waals surface area contributed by atoms with Gasteiger partial charge in [0.1, 0.15) is 5.82 Å². The largest absolute Gasteiger partial charge is 0.488 e. The number of rotatable bonds is 6. The number of amides is 1. The zero-order valence-corrected chi connectivity index (χ0v) is 22.9. The van der Waals surface area contributed by atoms with Gasteiger partial charge in [-0.2, -0.15) is 0 Å². The molecule has 208 valence electrons. The summed E-state index contributed by atoms with van der Waals surface area (Å²) in [5, 5.41) is 9.52. The number of methoxy groups -OCH3 is 1. The van der Waals surface area contributed by atoms with Gasteiger partial charge in [0.15, 0.2) is 11.6 Å². The van der Waals surface area contributed by atoms with Gasteiger partial charge in [0.25, 0.3) is 0 Å². The molecule has 2 aromatic carbocycles. The third-order valence-electron chi connectivity index (χ3n) is 8.03. The number of carbonyl (C=O) groups excluding carboxylic acids is 1. The average Bonchev–Trinajstić information content (AvgIpc) is 3.27. The minimum Gasteiger partial charge on any atom is -0.488 e. The second kappa shape index (κ2) is 10.9. The Bertz CT molecular complexity index is 1390. The summed E-state index contributed by atoms with van der Waals surface area (Å²) >= 11 is 0. The second-order valence-electron chi connectivity index (χ2n) is 11.0. The molecule has 0 radical (unpaired) electrons. The lowest BCUT2D eigenvalue weighted by Gasteiger charge is -2.34. The van der Waals surface area contributed by atoms with Gasteiger partial charge in [0.05, 0.1) is 35.9 Å². The van der Waals surface area contributed by atoms with E-state index in [0.29, 0.717) is 19.3 Å². The van der Waals surface area contributed by atoms with Crippen molar-refractivity contribution >= 4 is 28.8 Å². The molecule has 8 nitrogen and oxygen atoms in total. The number of carboxylic acid groups (broad SMARTS) is 1. The van der Waals surface area contributed by atoms with Crippen molar-refractivity contribution in [3.05, 3.63) is 53.1 Å². The first-order valence-electron chi connectivity index (χ1n) is 13.8. The molecule has 1 saturated carbocycles. The van der Waals surface area contributed by atoms with E-state index in [4.69, 9.17) is 14.5 Å². The number of halogens is 1. The van der Waals surface area contributed by atoms with E-state index in [-0.39, 0.29) is 29.9 Å². The summed E-state index contributed by atoms with van der Waals surface area (Å²) in [6, 6.07) is 9.08. The monoisotopic (exact) mass is 537 g/mol. The fourth-order valence-corrected chi connectivity index (χ4v) is 6.12. The molecule has 1 aliphatic heterocycles. The Kier molecular flexibility index (Phi) is 7.51. The first-order chi connectivity index (χ1) is 18.7. The van der Waals surface area contributed by atoms with Crippen molar-refractivity contribution in [2.45, 2.75) is 83.9 Å². The van der Waals surface area contributed by atoms with Crippen molar-refractivity contribution in [2.24, 2.45) is 5.92 Å². The number of hydrogen-bond donors (Lipinski definition) is 1. The number of aryl methyl sites for hydroxylation is 1. The van der Waals surface area contributed by atoms with E-state index in [1.165, 1.54) is 13.2 Å². The molecular weight excluding hydrogens is 501 g/mol. The first-order valence-corrected chi connectivity index (χ1v) is 13.8. The predicted molar refractivity (Wildman–Crippen MR) is 146 cm³/mol. The molecule has 2 heterocycles. The highest BCUT2D eigenvalue weighted by Crippen LogP contribution is 2.40. The Morgan fingerprint density at radius 1 is 1.13 bits per heavy atom. The van der Waals surface area contributed by atoms with E-state index >= 15 is 0 Å². The van der Waals surface area contributed by atoms with E-state index in [9.17, 15) is 19.1 Å². The van der Waals surface area contributed by atoms with Gasteiger partial charge >= 0.3 is 12.1 Å². The lowest BCUT2D eigenvalue weighted by Crippen LogP contribution is -2.42. The SMILES string of the molecule is COC(=O)N1c2ccc3c(nc(Cc4ccc(OC(C)C)c(F)c4)n3C3CCC(C(=O)O)CC3)c2CC[C@@H]1C. The maximum absolute atomic E-state index is 14.8. The summed E-state index contributed by atoms with van der Waals surface area (Å²) in [6.07, 6.45) is 4.12. The number of anilines is 1. The zero-order chi connectivity index (χ0) is 27.8. The van der Waals surface area contributed by atoms with Crippen molar-refractivity contribution in [1.29, 1.82) is 0 Å². The van der Waals surface area contributed by atoms with Gasteiger partial charge in [-0.05, 0) is 89.1 Å². The highest BCUT2D eigenvalue weighted by Gasteiger charge is 2.33. The van der Waals surface area contributed by atoms with Gasteiger partial charge in [-0.1, -0.05) is 6.07 Å². The van der Waals surface area contributed by atoms with Gasteiger partial charge in [-0.15, -0.1) is 0 Å². The van der Waals surface area contributed by atoms with Crippen molar-refractivity contribution < 1.29 is 28.6 Å². The third kappa shape index (κ3) is 5.18. The molecule has 3 aromatic rings. The number of aliphatic carboxylic acids is 1. The maximum atomic E-state index is 14.8. The molecule has 1 fully saturated rings. The summed E-state index contributed by atoms with van der Waals surface area (Å²) < 4.78 is 27.7. The number of fused-ring (bicyclic) bond motifs is 3. The zero-order valence-electron chi connectivity index (χ0n) is 22.9. The van der Waals surface area contributed by atoms with Crippen LogP contribution in [0.2, 0.25) is 0 Å². The number of benzene rings is 2. The lowest BCUT2D eigenvalue weighted by molar-refractivity contribution is -0.143. The second-order valence-corrected chi connectivity index (χ2v) is 11.0. The van der Waals surface area contributed by atoms with Crippen LogP contribution in [0, 0.1) is 11.7 Å². The molecule has 1 amide bonds. The Hall–Kier alpha value is -3.62. The Morgan fingerprint density at radius 2 is 1.87 bits per heavy atom. The fraction of sp³-hybridized carbons (Fsp3) is 0.500. The maximum Gasteiger partial charge on any atom is 0.414 e. The Labute approximate surface area is 227 Å². The Morgan fingerprint density at radius 3 is 2.51 bits per heavy atom. The summed E-state index contributed by atoms with van der Waals surface area (Å²) in [5.41, 5.74) is 4.38. The highest BCUT2D eigenvalue weighted by molar-refractivity contribution is 5.95. The normalized spacial score (nSPS) is 21.2. The molecule has 1 N–H and O–H groups in total. The molecule has 39 heavy (non-hydrogen) atoms. The van der Waals surface area contributed by atoms with E-state index in [2.05, 4.69) is 4.57 Å². The smallest absolute Gasteiger partial charge is 0.414 e. The number of nitrogens with zero attached hydrogens (tertiary/aromatic N) is 3. The molecule has 0 bridgehead atoms. The summed E-state index contributed by atoms with van der Waals surface area (Å²) in [5.74, 6) is -0.456. The molecular formula is C30H36FN3O5. The molecule has 1 aromatic heterocycles. The number of aromatic nitrogens is 2. The number of imidazole rings is 1. The van der Waals surface area contributed by atoms with Crippen molar-refractivity contribution in [1.82, 2.24) is 9.55 Å². The van der Waals surface area contributed by atoms with Crippen molar-refractivity contribution in [2.75, 3.05) is 12.0 Å². The molecule has 2 aliphatic rings. The molecule has 0 unspecified atom stereocenters. The van der Waals surface area contributed by atoms with Crippen LogP contribution >= 0.6 is 0 Å². The number of ether oxygens (including phenoxy) is 2. The molecule has 0 spiro atoms. The van der Waals surface area contributed by atoms with Crippen LogP contribution in [-0.4, -0.2) is 46.0 Å². The summed E-state index contributed by atoms with van der Waals surface area (Å²) in [4.78, 5) is 31.0. The molecule has 1 atom stereocenters. The number of hydrogen-bond acceptors (Lipinski definition) is 5. The molecule has 1 aliphatic carbocycles. The fourth-order valence-electron chi connectivity index (χ4n) is 6.12. The Balaban J connectivity index is 1.58. The van der Waals surface area contributed by atoms with Crippen LogP contribution in [0.3, 0.4) is 0 Å². The summed E-state index contributed by atoms with van der Waals surface area (Å²) in [6.45, 7) is 5.73. The van der Waals surface area contributed by atoms with Crippen LogP contribution in [0.25, 0.3) is 11.0 Å². The molecule has 9 heteroatoms. The van der Waals surface area contributed by atoms with Crippen LogP contribution < -0.4 is 9.64 Å². The predicted octanol–water partition coefficient (Wildman–Crippen LogP) is 6.28. The van der Waals surface area contributed by atoms with E-state index in [0.717, 1.165) is 59.4 Å². The van der Waals surface area contributed by atoms with E-state index in [1.54, 1.807) is 11.0 Å². The number of carbonyl (C=O) groups is 2. The van der Waals surface area contributed by atoms with E-state index in [1.807, 2.05) is 39.0 Å². The third-order valence-corrected chi connectivity index (χ3v) is 8.03. The van der Waals surface area contributed by atoms with Crippen LogP contribution in [0.5, 0.6) is 5.75 Å². The lowest BCUT2D eigenvalue weighted by atomic mass is 9.85. The number of carboxylic acids is 1. The van der Waals surface area contributed by atoms with Crippen LogP contribution in [0.4, 0.5) is 14.9 Å². The van der Waals surface area contributed by atoms with E-state index < -0.39 is 17.9 Å². The quantitative estimate of drug-likeness (QED) is 0.398. The summed E-state index contributed by atoms with van der Waals surface area (Å²) in [7, 11) is 1.39. The van der Waals surface area contributed by atoms with Gasteiger partial charge in [0, 0.05) is 24.1 Å². The minimum absolute atomic E-state index is 0.00444.